The van der Waals surface area contributed by atoms with Crippen LogP contribution in [0.2, 0.25) is 0 Å². The molecule has 0 heterocycles. The smallest absolute Gasteiger partial charge is 0.255 e. The molecule has 100 valence electrons. The summed E-state index contributed by atoms with van der Waals surface area (Å²) in [6.45, 7) is 4.05. The van der Waals surface area contributed by atoms with Crippen LogP contribution in [0.25, 0.3) is 10.8 Å². The lowest BCUT2D eigenvalue weighted by atomic mass is 10.0. The summed E-state index contributed by atoms with van der Waals surface area (Å²) in [6.07, 6.45) is 1.95. The van der Waals surface area contributed by atoms with Gasteiger partial charge in [-0.1, -0.05) is 37.6 Å². The zero-order valence-electron chi connectivity index (χ0n) is 11.3. The number of fused-ring (bicyclic) bond motifs is 1. The van der Waals surface area contributed by atoms with Gasteiger partial charge in [0.2, 0.25) is 0 Å². The molecule has 0 aliphatic rings. The number of carbonyl (C=O) groups excluding carboxylic acids is 1. The van der Waals surface area contributed by atoms with Gasteiger partial charge in [0, 0.05) is 6.04 Å². The molecule has 0 spiro atoms. The number of rotatable bonds is 4. The summed E-state index contributed by atoms with van der Waals surface area (Å²) in [5, 5.41) is 14.7. The Bertz CT molecular complexity index is 592. The van der Waals surface area contributed by atoms with Gasteiger partial charge >= 0.3 is 0 Å². The Morgan fingerprint density at radius 2 is 1.89 bits per heavy atom. The molecule has 0 bridgehead atoms. The van der Waals surface area contributed by atoms with Crippen molar-refractivity contribution < 1.29 is 9.90 Å². The summed E-state index contributed by atoms with van der Waals surface area (Å²) in [4.78, 5) is 12.1. The van der Waals surface area contributed by atoms with Crippen LogP contribution in [-0.4, -0.2) is 17.1 Å². The van der Waals surface area contributed by atoms with Crippen molar-refractivity contribution in [2.75, 3.05) is 0 Å². The molecular weight excluding hydrogens is 238 g/mol. The van der Waals surface area contributed by atoms with Crippen LogP contribution in [-0.2, 0) is 0 Å². The summed E-state index contributed by atoms with van der Waals surface area (Å²) in [6, 6.07) is 11.2. The number of amides is 1. The van der Waals surface area contributed by atoms with Crippen LogP contribution in [0.5, 0.6) is 5.75 Å². The van der Waals surface area contributed by atoms with Crippen molar-refractivity contribution in [2.45, 2.75) is 32.7 Å². The van der Waals surface area contributed by atoms with Crippen molar-refractivity contribution in [1.29, 1.82) is 0 Å². The molecule has 1 unspecified atom stereocenters. The first kappa shape index (κ1) is 13.4. The largest absolute Gasteiger partial charge is 0.507 e. The van der Waals surface area contributed by atoms with Gasteiger partial charge in [0.05, 0.1) is 5.56 Å². The first-order valence-corrected chi connectivity index (χ1v) is 6.64. The lowest BCUT2D eigenvalue weighted by Gasteiger charge is -2.14. The molecule has 1 atom stereocenters. The molecule has 1 amide bonds. The molecule has 0 aliphatic heterocycles. The number of aromatic hydroxyl groups is 1. The SMILES string of the molecule is CCCC(C)NC(=O)c1cc2ccccc2cc1O. The minimum absolute atomic E-state index is 0.0277. The van der Waals surface area contributed by atoms with Gasteiger partial charge in [-0.25, -0.2) is 0 Å². The maximum atomic E-state index is 12.1. The van der Waals surface area contributed by atoms with E-state index in [2.05, 4.69) is 12.2 Å². The van der Waals surface area contributed by atoms with Crippen LogP contribution in [0.15, 0.2) is 36.4 Å². The zero-order chi connectivity index (χ0) is 13.8. The third-order valence-corrected chi connectivity index (χ3v) is 3.21. The number of carbonyl (C=O) groups is 1. The maximum absolute atomic E-state index is 12.1. The molecule has 19 heavy (non-hydrogen) atoms. The fraction of sp³-hybridized carbons (Fsp3) is 0.312. The number of phenols is 1. The highest BCUT2D eigenvalue weighted by Crippen LogP contribution is 2.25. The Morgan fingerprint density at radius 3 is 2.53 bits per heavy atom. The van der Waals surface area contributed by atoms with E-state index >= 15 is 0 Å². The molecule has 0 saturated carbocycles. The zero-order valence-corrected chi connectivity index (χ0v) is 11.3. The molecule has 2 aromatic rings. The van der Waals surface area contributed by atoms with Crippen molar-refractivity contribution in [1.82, 2.24) is 5.32 Å². The molecule has 0 fully saturated rings. The molecule has 0 aromatic heterocycles. The minimum Gasteiger partial charge on any atom is -0.507 e. The monoisotopic (exact) mass is 257 g/mol. The van der Waals surface area contributed by atoms with E-state index in [9.17, 15) is 9.90 Å². The molecule has 2 aromatic carbocycles. The van der Waals surface area contributed by atoms with Gasteiger partial charge < -0.3 is 10.4 Å². The van der Waals surface area contributed by atoms with E-state index in [1.165, 1.54) is 0 Å². The van der Waals surface area contributed by atoms with Crippen molar-refractivity contribution in [3.8, 4) is 5.75 Å². The van der Waals surface area contributed by atoms with Gasteiger partial charge in [-0.2, -0.15) is 0 Å². The maximum Gasteiger partial charge on any atom is 0.255 e. The molecule has 2 N–H and O–H groups in total. The number of nitrogens with one attached hydrogen (secondary N) is 1. The lowest BCUT2D eigenvalue weighted by molar-refractivity contribution is 0.0936. The summed E-state index contributed by atoms with van der Waals surface area (Å²) in [5.74, 6) is -0.191. The fourth-order valence-electron chi connectivity index (χ4n) is 2.22. The van der Waals surface area contributed by atoms with Gasteiger partial charge in [-0.3, -0.25) is 4.79 Å². The van der Waals surface area contributed by atoms with E-state index in [1.807, 2.05) is 31.2 Å². The van der Waals surface area contributed by atoms with Gasteiger partial charge in [0.1, 0.15) is 5.75 Å². The van der Waals surface area contributed by atoms with Crippen molar-refractivity contribution >= 4 is 16.7 Å². The first-order valence-electron chi connectivity index (χ1n) is 6.64. The van der Waals surface area contributed by atoms with E-state index in [1.54, 1.807) is 12.1 Å². The second kappa shape index (κ2) is 5.74. The Kier molecular flexibility index (Phi) is 4.05. The Hall–Kier alpha value is -2.03. The molecule has 0 aliphatic carbocycles. The van der Waals surface area contributed by atoms with Crippen LogP contribution in [0.3, 0.4) is 0 Å². The van der Waals surface area contributed by atoms with Crippen LogP contribution < -0.4 is 5.32 Å². The molecule has 0 saturated heterocycles. The highest BCUT2D eigenvalue weighted by molar-refractivity contribution is 6.01. The fourth-order valence-corrected chi connectivity index (χ4v) is 2.22. The topological polar surface area (TPSA) is 49.3 Å². The van der Waals surface area contributed by atoms with E-state index < -0.39 is 0 Å². The van der Waals surface area contributed by atoms with Gasteiger partial charge in [0.25, 0.3) is 5.91 Å². The van der Waals surface area contributed by atoms with Crippen LogP contribution in [0, 0.1) is 0 Å². The second-order valence-corrected chi connectivity index (χ2v) is 4.88. The number of hydrogen-bond donors (Lipinski definition) is 2. The summed E-state index contributed by atoms with van der Waals surface area (Å²) < 4.78 is 0. The Balaban J connectivity index is 2.29. The van der Waals surface area contributed by atoms with Crippen LogP contribution >= 0.6 is 0 Å². The predicted octanol–water partition coefficient (Wildman–Crippen LogP) is 3.46. The van der Waals surface area contributed by atoms with Crippen LogP contribution in [0.1, 0.15) is 37.0 Å². The standard InChI is InChI=1S/C16H19NO2/c1-3-6-11(2)17-16(19)14-9-12-7-4-5-8-13(12)10-15(14)18/h4-5,7-11,18H,3,6H2,1-2H3,(H,17,19). The summed E-state index contributed by atoms with van der Waals surface area (Å²) >= 11 is 0. The van der Waals surface area contributed by atoms with E-state index in [-0.39, 0.29) is 17.7 Å². The average Bonchev–Trinajstić information content (AvgIpc) is 2.38. The Morgan fingerprint density at radius 1 is 1.26 bits per heavy atom. The van der Waals surface area contributed by atoms with Gasteiger partial charge in [-0.15, -0.1) is 0 Å². The molecule has 0 radical (unpaired) electrons. The minimum atomic E-state index is -0.218. The quantitative estimate of drug-likeness (QED) is 0.881. The van der Waals surface area contributed by atoms with E-state index in [0.29, 0.717) is 5.56 Å². The predicted molar refractivity (Wildman–Crippen MR) is 77.4 cm³/mol. The third-order valence-electron chi connectivity index (χ3n) is 3.21. The van der Waals surface area contributed by atoms with Gasteiger partial charge in [-0.05, 0) is 36.2 Å². The lowest BCUT2D eigenvalue weighted by Crippen LogP contribution is -2.32. The molecule has 2 rings (SSSR count). The molecule has 3 heteroatoms. The highest BCUT2D eigenvalue weighted by atomic mass is 16.3. The average molecular weight is 257 g/mol. The number of benzene rings is 2. The van der Waals surface area contributed by atoms with E-state index in [4.69, 9.17) is 0 Å². The van der Waals surface area contributed by atoms with Crippen molar-refractivity contribution in [3.05, 3.63) is 42.0 Å². The van der Waals surface area contributed by atoms with Gasteiger partial charge in [0.15, 0.2) is 0 Å². The number of phenolic OH excluding ortho intramolecular Hbond substituents is 1. The number of hydrogen-bond acceptors (Lipinski definition) is 2. The summed E-state index contributed by atoms with van der Waals surface area (Å²) in [5.41, 5.74) is 0.335. The first-order chi connectivity index (χ1) is 9.11. The van der Waals surface area contributed by atoms with Crippen molar-refractivity contribution in [2.24, 2.45) is 0 Å². The van der Waals surface area contributed by atoms with Crippen LogP contribution in [0.4, 0.5) is 0 Å². The molecular formula is C16H19NO2. The van der Waals surface area contributed by atoms with E-state index in [0.717, 1.165) is 23.6 Å². The third kappa shape index (κ3) is 3.05. The Labute approximate surface area is 113 Å². The summed E-state index contributed by atoms with van der Waals surface area (Å²) in [7, 11) is 0. The highest BCUT2D eigenvalue weighted by Gasteiger charge is 2.14. The normalized spacial score (nSPS) is 12.3. The van der Waals surface area contributed by atoms with Crippen molar-refractivity contribution in [3.63, 3.8) is 0 Å². The molecule has 3 nitrogen and oxygen atoms in total. The second-order valence-electron chi connectivity index (χ2n) is 4.88.